The number of likely N-dealkylation sites (tertiary alicyclic amines) is 1. The Bertz CT molecular complexity index is 1480. The Morgan fingerprint density at radius 3 is 2.44 bits per heavy atom. The molecule has 0 aliphatic carbocycles. The highest BCUT2D eigenvalue weighted by molar-refractivity contribution is 6.05. The molecule has 214 valence electrons. The topological polar surface area (TPSA) is 107 Å². The first-order valence-electron chi connectivity index (χ1n) is 13.0. The molecule has 13 heteroatoms. The average molecular weight is 571 g/mol. The number of carbonyl (C=O) groups excluding carboxylic acids is 3. The minimum atomic E-state index is -4.89. The number of alkyl halides is 3. The van der Waals surface area contributed by atoms with E-state index in [1.165, 1.54) is 12.1 Å². The Morgan fingerprint density at radius 2 is 1.73 bits per heavy atom. The summed E-state index contributed by atoms with van der Waals surface area (Å²) in [5.41, 5.74) is 0.254. The van der Waals surface area contributed by atoms with Crippen LogP contribution in [0.25, 0.3) is 0 Å². The largest absolute Gasteiger partial charge is 0.417 e. The zero-order valence-corrected chi connectivity index (χ0v) is 21.7. The standard InChI is InChI=1S/C28H26F4N6O3/c29-17-4-9-20(22(15-17)28(30,31)32)26(40)35-19-7-5-18(6-8-19)34-23-10-11-33-25-21(23)16-38(27(41)36-25)14-2-13-37-12-1-3-24(37)39/h4-11,15H,1-3,12-14,16H2,(H,35,40)(H2,33,34,36,41). The zero-order chi connectivity index (χ0) is 29.1. The first-order valence-corrected chi connectivity index (χ1v) is 13.0. The fourth-order valence-corrected chi connectivity index (χ4v) is 4.83. The van der Waals surface area contributed by atoms with Crippen LogP contribution in [0.5, 0.6) is 0 Å². The number of fused-ring (bicyclic) bond motifs is 1. The van der Waals surface area contributed by atoms with Gasteiger partial charge in [-0.15, -0.1) is 0 Å². The lowest BCUT2D eigenvalue weighted by Crippen LogP contribution is -2.41. The molecule has 3 aromatic rings. The molecule has 0 saturated carbocycles. The minimum Gasteiger partial charge on any atom is -0.355 e. The van der Waals surface area contributed by atoms with Crippen molar-refractivity contribution in [2.24, 2.45) is 0 Å². The van der Waals surface area contributed by atoms with E-state index in [4.69, 9.17) is 0 Å². The number of urea groups is 1. The highest BCUT2D eigenvalue weighted by atomic mass is 19.4. The van der Waals surface area contributed by atoms with Crippen LogP contribution >= 0.6 is 0 Å². The summed E-state index contributed by atoms with van der Waals surface area (Å²) in [7, 11) is 0. The van der Waals surface area contributed by atoms with Gasteiger partial charge in [0.1, 0.15) is 11.6 Å². The Kier molecular flexibility index (Phi) is 7.77. The van der Waals surface area contributed by atoms with E-state index in [1.807, 2.05) is 4.90 Å². The van der Waals surface area contributed by atoms with Crippen molar-refractivity contribution in [3.63, 3.8) is 0 Å². The van der Waals surface area contributed by atoms with E-state index in [9.17, 15) is 31.9 Å². The molecule has 0 radical (unpaired) electrons. The Morgan fingerprint density at radius 1 is 1.00 bits per heavy atom. The lowest BCUT2D eigenvalue weighted by Gasteiger charge is -2.30. The molecule has 0 unspecified atom stereocenters. The molecule has 41 heavy (non-hydrogen) atoms. The van der Waals surface area contributed by atoms with Crippen LogP contribution in [0.3, 0.4) is 0 Å². The van der Waals surface area contributed by atoms with E-state index in [0.29, 0.717) is 49.7 Å². The maximum absolute atomic E-state index is 13.4. The van der Waals surface area contributed by atoms with Crippen LogP contribution < -0.4 is 16.0 Å². The Balaban J connectivity index is 1.24. The first kappa shape index (κ1) is 27.9. The summed E-state index contributed by atoms with van der Waals surface area (Å²) in [5.74, 6) is -1.55. The Labute approximate surface area is 232 Å². The quantitative estimate of drug-likeness (QED) is 0.306. The monoisotopic (exact) mass is 570 g/mol. The van der Waals surface area contributed by atoms with E-state index in [2.05, 4.69) is 20.9 Å². The van der Waals surface area contributed by atoms with Crippen molar-refractivity contribution in [2.75, 3.05) is 35.6 Å². The van der Waals surface area contributed by atoms with Gasteiger partial charge in [-0.05, 0) is 61.4 Å². The molecule has 1 aromatic heterocycles. The van der Waals surface area contributed by atoms with Gasteiger partial charge in [0.2, 0.25) is 5.91 Å². The van der Waals surface area contributed by atoms with E-state index >= 15 is 0 Å². The van der Waals surface area contributed by atoms with Gasteiger partial charge in [0.25, 0.3) is 5.91 Å². The maximum Gasteiger partial charge on any atom is 0.417 e. The number of nitrogens with one attached hydrogen (secondary N) is 3. The number of anilines is 4. The second-order valence-electron chi connectivity index (χ2n) is 9.72. The highest BCUT2D eigenvalue weighted by Crippen LogP contribution is 2.34. The third kappa shape index (κ3) is 6.39. The van der Waals surface area contributed by atoms with E-state index in [1.54, 1.807) is 29.3 Å². The van der Waals surface area contributed by atoms with Crippen LogP contribution in [0, 0.1) is 5.82 Å². The third-order valence-electron chi connectivity index (χ3n) is 6.90. The van der Waals surface area contributed by atoms with Crippen molar-refractivity contribution < 1.29 is 31.9 Å². The SMILES string of the molecule is O=C(Nc1ccc(Nc2ccnc3c2CN(CCCN2CCCC2=O)C(=O)N3)cc1)c1ccc(F)cc1C(F)(F)F. The van der Waals surface area contributed by atoms with E-state index < -0.39 is 29.0 Å². The number of carbonyl (C=O) groups is 3. The summed E-state index contributed by atoms with van der Waals surface area (Å²) in [5, 5.41) is 8.45. The molecule has 1 fully saturated rings. The number of nitrogens with zero attached hydrogens (tertiary/aromatic N) is 3. The van der Waals surface area contributed by atoms with Crippen LogP contribution in [0.4, 0.5) is 45.2 Å². The maximum atomic E-state index is 13.4. The number of hydrogen-bond donors (Lipinski definition) is 3. The average Bonchev–Trinajstić information content (AvgIpc) is 3.34. The summed E-state index contributed by atoms with van der Waals surface area (Å²) in [4.78, 5) is 44.7. The molecule has 9 nitrogen and oxygen atoms in total. The molecule has 2 aliphatic heterocycles. The number of benzene rings is 2. The number of rotatable bonds is 8. The van der Waals surface area contributed by atoms with Gasteiger partial charge in [0.05, 0.1) is 17.7 Å². The fourth-order valence-electron chi connectivity index (χ4n) is 4.83. The summed E-state index contributed by atoms with van der Waals surface area (Å²) >= 11 is 0. The lowest BCUT2D eigenvalue weighted by molar-refractivity contribution is -0.138. The van der Waals surface area contributed by atoms with E-state index in [-0.39, 0.29) is 23.7 Å². The van der Waals surface area contributed by atoms with Gasteiger partial charge in [-0.25, -0.2) is 14.2 Å². The van der Waals surface area contributed by atoms with Crippen LogP contribution in [-0.4, -0.2) is 52.3 Å². The van der Waals surface area contributed by atoms with Gasteiger partial charge in [-0.1, -0.05) is 0 Å². The molecule has 2 aromatic carbocycles. The smallest absolute Gasteiger partial charge is 0.355 e. The van der Waals surface area contributed by atoms with Crippen LogP contribution in [0.1, 0.15) is 40.7 Å². The molecule has 1 saturated heterocycles. The molecule has 3 N–H and O–H groups in total. The van der Waals surface area contributed by atoms with Crippen molar-refractivity contribution in [3.05, 3.63) is 77.2 Å². The van der Waals surface area contributed by atoms with Crippen molar-refractivity contribution in [1.29, 1.82) is 0 Å². The number of halogens is 4. The normalized spacial score (nSPS) is 15.0. The molecule has 5 rings (SSSR count). The Hall–Kier alpha value is -4.68. The van der Waals surface area contributed by atoms with Crippen LogP contribution in [0.2, 0.25) is 0 Å². The molecular formula is C28H26F4N6O3. The summed E-state index contributed by atoms with van der Waals surface area (Å²) in [6.07, 6.45) is -1.27. The van der Waals surface area contributed by atoms with Gasteiger partial charge >= 0.3 is 12.2 Å². The predicted octanol–water partition coefficient (Wildman–Crippen LogP) is 5.60. The van der Waals surface area contributed by atoms with Gasteiger partial charge in [-0.3, -0.25) is 14.9 Å². The number of hydrogen-bond acceptors (Lipinski definition) is 5. The number of aromatic nitrogens is 1. The molecule has 2 aliphatic rings. The van der Waals surface area contributed by atoms with Crippen molar-refractivity contribution in [3.8, 4) is 0 Å². The molecule has 0 atom stereocenters. The molecule has 3 heterocycles. The summed E-state index contributed by atoms with van der Waals surface area (Å²) in [6, 6.07) is 9.64. The zero-order valence-electron chi connectivity index (χ0n) is 21.7. The number of amides is 4. The van der Waals surface area contributed by atoms with Gasteiger partial charge in [-0.2, -0.15) is 13.2 Å². The molecular weight excluding hydrogens is 544 g/mol. The molecule has 4 amide bonds. The van der Waals surface area contributed by atoms with Crippen molar-refractivity contribution in [2.45, 2.75) is 32.0 Å². The number of pyridine rings is 1. The van der Waals surface area contributed by atoms with Crippen LogP contribution in [-0.2, 0) is 17.5 Å². The summed E-state index contributed by atoms with van der Waals surface area (Å²) in [6.45, 7) is 2.10. The van der Waals surface area contributed by atoms with Gasteiger partial charge in [0.15, 0.2) is 0 Å². The molecule has 0 spiro atoms. The first-order chi connectivity index (χ1) is 19.6. The van der Waals surface area contributed by atoms with Gasteiger partial charge < -0.3 is 20.4 Å². The fraction of sp³-hybridized carbons (Fsp3) is 0.286. The van der Waals surface area contributed by atoms with Gasteiger partial charge in [0, 0.05) is 54.9 Å². The summed E-state index contributed by atoms with van der Waals surface area (Å²) < 4.78 is 53.3. The predicted molar refractivity (Wildman–Crippen MR) is 143 cm³/mol. The minimum absolute atomic E-state index is 0.140. The highest BCUT2D eigenvalue weighted by Gasteiger charge is 2.35. The molecule has 0 bridgehead atoms. The van der Waals surface area contributed by atoms with Crippen molar-refractivity contribution in [1.82, 2.24) is 14.8 Å². The van der Waals surface area contributed by atoms with Crippen LogP contribution in [0.15, 0.2) is 54.7 Å². The third-order valence-corrected chi connectivity index (χ3v) is 6.90. The second-order valence-corrected chi connectivity index (χ2v) is 9.72. The van der Waals surface area contributed by atoms with Crippen molar-refractivity contribution >= 4 is 40.7 Å². The lowest BCUT2D eigenvalue weighted by atomic mass is 10.1. The van der Waals surface area contributed by atoms with E-state index in [0.717, 1.165) is 30.7 Å². The second kappa shape index (κ2) is 11.4.